The van der Waals surface area contributed by atoms with E-state index in [0.29, 0.717) is 6.61 Å². The van der Waals surface area contributed by atoms with Gasteiger partial charge >= 0.3 is 0 Å². The Morgan fingerprint density at radius 2 is 2.22 bits per heavy atom. The Hall–Kier alpha value is -0.130. The predicted molar refractivity (Wildman–Crippen MR) is 34.2 cm³/mol. The van der Waals surface area contributed by atoms with Crippen molar-refractivity contribution in [3.05, 3.63) is 7.11 Å². The molecule has 1 N–H and O–H groups in total. The number of nitrogens with one attached hydrogen (secondary N) is 1. The standard InChI is InChI=1S/C4H10NO3S/c1-8-4-3-5-9(2,6)7/h5H,1,3-4H2,2H3. The smallest absolute Gasteiger partial charge is 0.208 e. The molecule has 0 aliphatic heterocycles. The van der Waals surface area contributed by atoms with Gasteiger partial charge in [-0.05, 0) is 0 Å². The molecule has 55 valence electrons. The van der Waals surface area contributed by atoms with Gasteiger partial charge in [0.2, 0.25) is 10.0 Å². The van der Waals surface area contributed by atoms with Crippen molar-refractivity contribution in [2.75, 3.05) is 19.4 Å². The first-order chi connectivity index (χ1) is 4.06. The molecule has 0 bridgehead atoms. The molecule has 0 aliphatic carbocycles. The highest BCUT2D eigenvalue weighted by Crippen LogP contribution is 1.72. The Labute approximate surface area is 55.3 Å². The zero-order chi connectivity index (χ0) is 7.33. The molecule has 0 unspecified atom stereocenters. The summed E-state index contributed by atoms with van der Waals surface area (Å²) in [6, 6.07) is 0. The molecule has 0 saturated heterocycles. The summed E-state index contributed by atoms with van der Waals surface area (Å²) >= 11 is 0. The lowest BCUT2D eigenvalue weighted by Crippen LogP contribution is -2.25. The minimum atomic E-state index is -3.05. The summed E-state index contributed by atoms with van der Waals surface area (Å²) in [6.45, 7) is 0.579. The second kappa shape index (κ2) is 3.81. The van der Waals surface area contributed by atoms with Crippen LogP contribution in [0.5, 0.6) is 0 Å². The van der Waals surface area contributed by atoms with Crippen molar-refractivity contribution in [3.8, 4) is 0 Å². The Morgan fingerprint density at radius 1 is 1.67 bits per heavy atom. The molecule has 0 atom stereocenters. The van der Waals surface area contributed by atoms with Crippen LogP contribution in [-0.2, 0) is 14.8 Å². The Bertz CT molecular complexity index is 151. The third kappa shape index (κ3) is 7.87. The van der Waals surface area contributed by atoms with E-state index < -0.39 is 10.0 Å². The van der Waals surface area contributed by atoms with E-state index in [1.807, 2.05) is 0 Å². The molecule has 9 heavy (non-hydrogen) atoms. The van der Waals surface area contributed by atoms with E-state index in [0.717, 1.165) is 6.26 Å². The van der Waals surface area contributed by atoms with Crippen LogP contribution in [-0.4, -0.2) is 27.8 Å². The van der Waals surface area contributed by atoms with Crippen molar-refractivity contribution in [2.24, 2.45) is 0 Å². The average Bonchev–Trinajstić information content (AvgIpc) is 1.63. The van der Waals surface area contributed by atoms with Crippen molar-refractivity contribution in [1.82, 2.24) is 4.72 Å². The average molecular weight is 152 g/mol. The summed E-state index contributed by atoms with van der Waals surface area (Å²) in [7, 11) is 0.0163. The van der Waals surface area contributed by atoms with E-state index in [1.54, 1.807) is 0 Å². The third-order valence-electron chi connectivity index (χ3n) is 0.611. The quantitative estimate of drug-likeness (QED) is 0.544. The maximum atomic E-state index is 10.3. The van der Waals surface area contributed by atoms with Crippen LogP contribution in [0.15, 0.2) is 0 Å². The first kappa shape index (κ1) is 8.87. The van der Waals surface area contributed by atoms with E-state index in [9.17, 15) is 8.42 Å². The predicted octanol–water partition coefficient (Wildman–Crippen LogP) is -0.656. The minimum absolute atomic E-state index is 0.280. The summed E-state index contributed by atoms with van der Waals surface area (Å²) in [5.41, 5.74) is 0. The highest BCUT2D eigenvalue weighted by atomic mass is 32.2. The normalized spacial score (nSPS) is 11.8. The minimum Gasteiger partial charge on any atom is -0.378 e. The van der Waals surface area contributed by atoms with Crippen molar-refractivity contribution in [2.45, 2.75) is 0 Å². The number of rotatable bonds is 4. The summed E-state index contributed by atoms with van der Waals surface area (Å²) in [5.74, 6) is 0. The van der Waals surface area contributed by atoms with Gasteiger partial charge in [0.15, 0.2) is 0 Å². The molecule has 1 radical (unpaired) electrons. The second-order valence-electron chi connectivity index (χ2n) is 1.57. The third-order valence-corrected chi connectivity index (χ3v) is 1.34. The highest BCUT2D eigenvalue weighted by molar-refractivity contribution is 7.88. The molecule has 0 aromatic rings. The monoisotopic (exact) mass is 152 g/mol. The van der Waals surface area contributed by atoms with Crippen LogP contribution in [0.25, 0.3) is 0 Å². The molecule has 4 nitrogen and oxygen atoms in total. The van der Waals surface area contributed by atoms with Gasteiger partial charge in [0, 0.05) is 6.54 Å². The van der Waals surface area contributed by atoms with Gasteiger partial charge in [-0.15, -0.1) is 0 Å². The van der Waals surface area contributed by atoms with Crippen LogP contribution in [0.3, 0.4) is 0 Å². The van der Waals surface area contributed by atoms with Gasteiger partial charge in [-0.3, -0.25) is 0 Å². The van der Waals surface area contributed by atoms with E-state index in [4.69, 9.17) is 0 Å². The van der Waals surface area contributed by atoms with Gasteiger partial charge in [0.05, 0.1) is 20.0 Å². The van der Waals surface area contributed by atoms with Gasteiger partial charge in [0.25, 0.3) is 0 Å². The number of hydrogen-bond acceptors (Lipinski definition) is 3. The van der Waals surface area contributed by atoms with Crippen LogP contribution in [0.1, 0.15) is 0 Å². The second-order valence-corrected chi connectivity index (χ2v) is 3.41. The molecular formula is C4H10NO3S. The maximum Gasteiger partial charge on any atom is 0.208 e. The molecule has 0 rings (SSSR count). The fourth-order valence-corrected chi connectivity index (χ4v) is 0.753. The molecule has 0 amide bonds. The molecule has 0 aromatic carbocycles. The zero-order valence-corrected chi connectivity index (χ0v) is 6.07. The molecular weight excluding hydrogens is 142 g/mol. The topological polar surface area (TPSA) is 55.4 Å². The number of ether oxygens (including phenoxy) is 1. The zero-order valence-electron chi connectivity index (χ0n) is 5.25. The number of hydrogen-bond donors (Lipinski definition) is 1. The molecule has 0 aliphatic rings. The fraction of sp³-hybridized carbons (Fsp3) is 0.750. The lowest BCUT2D eigenvalue weighted by molar-refractivity contribution is 0.248. The Kier molecular flexibility index (Phi) is 3.76. The molecule has 0 aromatic heterocycles. The summed E-state index contributed by atoms with van der Waals surface area (Å²) < 4.78 is 27.2. The van der Waals surface area contributed by atoms with Crippen LogP contribution in [0, 0.1) is 7.11 Å². The van der Waals surface area contributed by atoms with E-state index >= 15 is 0 Å². The fourth-order valence-electron chi connectivity index (χ4n) is 0.299. The Balaban J connectivity index is 3.30. The largest absolute Gasteiger partial charge is 0.378 e. The lowest BCUT2D eigenvalue weighted by Gasteiger charge is -1.98. The first-order valence-corrected chi connectivity index (χ1v) is 4.27. The lowest BCUT2D eigenvalue weighted by atomic mass is 10.7. The van der Waals surface area contributed by atoms with Crippen molar-refractivity contribution in [3.63, 3.8) is 0 Å². The molecule has 0 fully saturated rings. The summed E-state index contributed by atoms with van der Waals surface area (Å²) in [5, 5.41) is 0. The summed E-state index contributed by atoms with van der Waals surface area (Å²) in [6.07, 6.45) is 1.09. The SMILES string of the molecule is [CH2]OCCNS(C)(=O)=O. The van der Waals surface area contributed by atoms with E-state index in [-0.39, 0.29) is 6.54 Å². The molecule has 5 heteroatoms. The van der Waals surface area contributed by atoms with Gasteiger partial charge in [-0.1, -0.05) is 0 Å². The molecule has 0 spiro atoms. The Morgan fingerprint density at radius 3 is 2.56 bits per heavy atom. The van der Waals surface area contributed by atoms with Gasteiger partial charge in [0.1, 0.15) is 0 Å². The first-order valence-electron chi connectivity index (χ1n) is 2.38. The summed E-state index contributed by atoms with van der Waals surface area (Å²) in [4.78, 5) is 0. The van der Waals surface area contributed by atoms with Gasteiger partial charge < -0.3 is 4.74 Å². The highest BCUT2D eigenvalue weighted by Gasteiger charge is 1.96. The van der Waals surface area contributed by atoms with Crippen LogP contribution < -0.4 is 4.72 Å². The van der Waals surface area contributed by atoms with Crippen molar-refractivity contribution in [1.29, 1.82) is 0 Å². The van der Waals surface area contributed by atoms with Crippen molar-refractivity contribution >= 4 is 10.0 Å². The van der Waals surface area contributed by atoms with E-state index in [1.165, 1.54) is 0 Å². The van der Waals surface area contributed by atoms with Gasteiger partial charge in [-0.25, -0.2) is 13.1 Å². The number of sulfonamides is 1. The van der Waals surface area contributed by atoms with Crippen LogP contribution in [0.4, 0.5) is 0 Å². The van der Waals surface area contributed by atoms with E-state index in [2.05, 4.69) is 16.6 Å². The van der Waals surface area contributed by atoms with Crippen LogP contribution in [0.2, 0.25) is 0 Å². The maximum absolute atomic E-state index is 10.3. The van der Waals surface area contributed by atoms with Crippen molar-refractivity contribution < 1.29 is 13.2 Å². The molecule has 0 heterocycles. The molecule has 0 saturated carbocycles. The van der Waals surface area contributed by atoms with Crippen LogP contribution >= 0.6 is 0 Å². The van der Waals surface area contributed by atoms with Gasteiger partial charge in [-0.2, -0.15) is 0 Å².